The molecule has 0 aliphatic rings. The summed E-state index contributed by atoms with van der Waals surface area (Å²) in [4.78, 5) is 18.1. The van der Waals surface area contributed by atoms with Crippen LogP contribution in [0.25, 0.3) is 0 Å². The predicted molar refractivity (Wildman–Crippen MR) is 81.6 cm³/mol. The second kappa shape index (κ2) is 6.11. The Hall–Kier alpha value is -1.78. The first-order valence-corrected chi connectivity index (χ1v) is 6.80. The minimum Gasteiger partial charge on any atom is -0.332 e. The van der Waals surface area contributed by atoms with E-state index in [0.29, 0.717) is 5.69 Å². The number of anilines is 3. The molecule has 0 bridgehead atoms. The van der Waals surface area contributed by atoms with Gasteiger partial charge >= 0.3 is 5.69 Å². The van der Waals surface area contributed by atoms with Gasteiger partial charge in [0.2, 0.25) is 11.8 Å². The molecule has 0 unspecified atom stereocenters. The molecule has 0 aliphatic carbocycles. The minimum atomic E-state index is -0.576. The van der Waals surface area contributed by atoms with E-state index in [4.69, 9.17) is 5.84 Å². The van der Waals surface area contributed by atoms with Crippen LogP contribution in [0.1, 0.15) is 0 Å². The lowest BCUT2D eigenvalue weighted by Crippen LogP contribution is -2.12. The number of nitro groups is 1. The van der Waals surface area contributed by atoms with E-state index < -0.39 is 4.92 Å². The highest BCUT2D eigenvalue weighted by Gasteiger charge is 2.19. The van der Waals surface area contributed by atoms with E-state index >= 15 is 0 Å². The van der Waals surface area contributed by atoms with E-state index in [1.54, 1.807) is 12.1 Å². The molecule has 0 fully saturated rings. The fourth-order valence-corrected chi connectivity index (χ4v) is 2.60. The molecule has 20 heavy (non-hydrogen) atoms. The third kappa shape index (κ3) is 3.03. The number of aromatic nitrogens is 2. The Kier molecular flexibility index (Phi) is 4.47. The zero-order chi connectivity index (χ0) is 14.7. The van der Waals surface area contributed by atoms with Crippen molar-refractivity contribution in [2.45, 2.75) is 0 Å². The van der Waals surface area contributed by atoms with Gasteiger partial charge in [-0.05, 0) is 44.0 Å². The summed E-state index contributed by atoms with van der Waals surface area (Å²) < 4.78 is 1.45. The van der Waals surface area contributed by atoms with Crippen LogP contribution in [0.4, 0.5) is 23.1 Å². The number of nitrogens with one attached hydrogen (secondary N) is 2. The van der Waals surface area contributed by atoms with Gasteiger partial charge in [0.05, 0.1) is 10.6 Å². The number of para-hydroxylation sites is 1. The molecule has 0 saturated carbocycles. The van der Waals surface area contributed by atoms with Crippen molar-refractivity contribution in [1.29, 1.82) is 0 Å². The molecule has 8 nitrogen and oxygen atoms in total. The minimum absolute atomic E-state index is 0.0329. The van der Waals surface area contributed by atoms with Gasteiger partial charge in [0, 0.05) is 8.95 Å². The van der Waals surface area contributed by atoms with Gasteiger partial charge in [-0.15, -0.1) is 0 Å². The van der Waals surface area contributed by atoms with Gasteiger partial charge in [0.1, 0.15) is 6.20 Å². The van der Waals surface area contributed by atoms with E-state index in [1.165, 1.54) is 0 Å². The van der Waals surface area contributed by atoms with Crippen LogP contribution in [0.2, 0.25) is 0 Å². The molecule has 1 aromatic carbocycles. The first-order valence-electron chi connectivity index (χ1n) is 5.22. The van der Waals surface area contributed by atoms with Gasteiger partial charge in [-0.25, -0.2) is 10.8 Å². The Morgan fingerprint density at radius 1 is 1.30 bits per heavy atom. The lowest BCUT2D eigenvalue weighted by Gasteiger charge is -2.10. The highest BCUT2D eigenvalue weighted by Crippen LogP contribution is 2.35. The van der Waals surface area contributed by atoms with Crippen LogP contribution in [0.5, 0.6) is 0 Å². The molecule has 0 amide bonds. The normalized spacial score (nSPS) is 10.2. The van der Waals surface area contributed by atoms with Crippen LogP contribution in [-0.2, 0) is 0 Å². The van der Waals surface area contributed by atoms with Crippen LogP contribution < -0.4 is 16.6 Å². The van der Waals surface area contributed by atoms with Crippen LogP contribution in [0.3, 0.4) is 0 Å². The molecule has 10 heteroatoms. The molecule has 104 valence electrons. The van der Waals surface area contributed by atoms with Crippen LogP contribution in [-0.4, -0.2) is 14.9 Å². The van der Waals surface area contributed by atoms with Crippen LogP contribution in [0, 0.1) is 10.1 Å². The molecule has 0 spiro atoms. The van der Waals surface area contributed by atoms with Gasteiger partial charge < -0.3 is 5.32 Å². The number of hydrogen-bond acceptors (Lipinski definition) is 7. The monoisotopic (exact) mass is 402 g/mol. The van der Waals surface area contributed by atoms with Gasteiger partial charge in [0.15, 0.2) is 0 Å². The molecule has 2 rings (SSSR count). The molecule has 0 aliphatic heterocycles. The predicted octanol–water partition coefficient (Wildman–Crippen LogP) is 2.94. The highest BCUT2D eigenvalue weighted by molar-refractivity contribution is 9.11. The zero-order valence-electron chi connectivity index (χ0n) is 9.80. The average molecular weight is 404 g/mol. The first-order chi connectivity index (χ1) is 9.52. The highest BCUT2D eigenvalue weighted by atomic mass is 79.9. The van der Waals surface area contributed by atoms with Crippen molar-refractivity contribution >= 4 is 55.0 Å². The molecule has 1 aromatic heterocycles. The van der Waals surface area contributed by atoms with Gasteiger partial charge in [0.25, 0.3) is 0 Å². The summed E-state index contributed by atoms with van der Waals surface area (Å²) in [7, 11) is 0. The first kappa shape index (κ1) is 14.6. The summed E-state index contributed by atoms with van der Waals surface area (Å²) in [6.07, 6.45) is 1.08. The quantitative estimate of drug-likeness (QED) is 0.407. The second-order valence-electron chi connectivity index (χ2n) is 3.55. The lowest BCUT2D eigenvalue weighted by molar-refractivity contribution is -0.384. The van der Waals surface area contributed by atoms with Crippen molar-refractivity contribution in [3.8, 4) is 0 Å². The summed E-state index contributed by atoms with van der Waals surface area (Å²) in [5.41, 5.74) is 2.59. The van der Waals surface area contributed by atoms with Crippen molar-refractivity contribution in [3.05, 3.63) is 43.5 Å². The van der Waals surface area contributed by atoms with Crippen molar-refractivity contribution in [2.75, 3.05) is 10.7 Å². The third-order valence-corrected chi connectivity index (χ3v) is 3.62. The molecule has 2 aromatic rings. The summed E-state index contributed by atoms with van der Waals surface area (Å²) in [5.74, 6) is 5.31. The molecule has 1 heterocycles. The number of benzene rings is 1. The fourth-order valence-electron chi connectivity index (χ4n) is 1.41. The third-order valence-electron chi connectivity index (χ3n) is 2.30. The molecule has 4 N–H and O–H groups in total. The number of nitrogens with zero attached hydrogens (tertiary/aromatic N) is 3. The fraction of sp³-hybridized carbons (Fsp3) is 0. The Bertz CT molecular complexity index is 646. The molecule has 0 saturated heterocycles. The van der Waals surface area contributed by atoms with Gasteiger partial charge in [-0.1, -0.05) is 6.07 Å². The number of nitrogens with two attached hydrogens (primary N) is 1. The van der Waals surface area contributed by atoms with E-state index in [1.807, 2.05) is 6.07 Å². The molecular weight excluding hydrogens is 396 g/mol. The topological polar surface area (TPSA) is 119 Å². The Morgan fingerprint density at radius 2 is 1.95 bits per heavy atom. The van der Waals surface area contributed by atoms with Crippen LogP contribution >= 0.6 is 31.9 Å². The number of nitrogen functional groups attached to an aromatic ring is 1. The SMILES string of the molecule is NNc1ncc([N+](=O)[O-])c(Nc2c(Br)cccc2Br)n1. The second-order valence-corrected chi connectivity index (χ2v) is 5.26. The maximum atomic E-state index is 11.0. The lowest BCUT2D eigenvalue weighted by atomic mass is 10.3. The van der Waals surface area contributed by atoms with E-state index in [0.717, 1.165) is 15.1 Å². The largest absolute Gasteiger partial charge is 0.332 e. The molecular formula is C10H8Br2N6O2. The smallest absolute Gasteiger partial charge is 0.329 e. The van der Waals surface area contributed by atoms with Crippen molar-refractivity contribution < 1.29 is 4.92 Å². The van der Waals surface area contributed by atoms with Crippen LogP contribution in [0.15, 0.2) is 33.3 Å². The number of rotatable bonds is 4. The molecule has 0 radical (unpaired) electrons. The standard InChI is InChI=1S/C10H8Br2N6O2/c11-5-2-1-3-6(12)8(5)15-9-7(18(19)20)4-14-10(16-9)17-13/h1-4H,13H2,(H2,14,15,16,17). The van der Waals surface area contributed by atoms with E-state index in [-0.39, 0.29) is 17.5 Å². The summed E-state index contributed by atoms with van der Waals surface area (Å²) in [5, 5.41) is 13.9. The van der Waals surface area contributed by atoms with Crippen molar-refractivity contribution in [1.82, 2.24) is 9.97 Å². The number of hydrogen-bond donors (Lipinski definition) is 3. The Labute approximate surface area is 130 Å². The van der Waals surface area contributed by atoms with E-state index in [2.05, 4.69) is 52.6 Å². The average Bonchev–Trinajstić information content (AvgIpc) is 2.42. The maximum absolute atomic E-state index is 11.0. The maximum Gasteiger partial charge on any atom is 0.329 e. The summed E-state index contributed by atoms with van der Waals surface area (Å²) in [6, 6.07) is 5.41. The van der Waals surface area contributed by atoms with Gasteiger partial charge in [-0.2, -0.15) is 4.98 Å². The van der Waals surface area contributed by atoms with E-state index in [9.17, 15) is 10.1 Å². The summed E-state index contributed by atoms with van der Waals surface area (Å²) >= 11 is 6.71. The zero-order valence-corrected chi connectivity index (χ0v) is 13.0. The Balaban J connectivity index is 2.49. The molecule has 0 atom stereocenters. The number of halogens is 2. The Morgan fingerprint density at radius 3 is 2.50 bits per heavy atom. The number of hydrazine groups is 1. The van der Waals surface area contributed by atoms with Gasteiger partial charge in [-0.3, -0.25) is 15.5 Å². The summed E-state index contributed by atoms with van der Waals surface area (Å²) in [6.45, 7) is 0. The van der Waals surface area contributed by atoms with Crippen molar-refractivity contribution in [2.24, 2.45) is 5.84 Å². The van der Waals surface area contributed by atoms with Crippen molar-refractivity contribution in [3.63, 3.8) is 0 Å².